The zero-order chi connectivity index (χ0) is 13.8. The minimum absolute atomic E-state index is 0.239. The van der Waals surface area contributed by atoms with Crippen LogP contribution < -0.4 is 5.32 Å². The van der Waals surface area contributed by atoms with Crippen molar-refractivity contribution in [2.45, 2.75) is 38.3 Å². The van der Waals surface area contributed by atoms with Crippen molar-refractivity contribution in [3.05, 3.63) is 48.0 Å². The molecular formula is C18H23NO. The molecule has 1 N–H and O–H groups in total. The van der Waals surface area contributed by atoms with Crippen molar-refractivity contribution in [3.63, 3.8) is 0 Å². The van der Waals surface area contributed by atoms with Gasteiger partial charge in [0.05, 0.1) is 6.10 Å². The molecule has 2 unspecified atom stereocenters. The fraction of sp³-hybridized carbons (Fsp3) is 0.444. The molecule has 0 radical (unpaired) electrons. The van der Waals surface area contributed by atoms with E-state index in [1.807, 2.05) is 0 Å². The van der Waals surface area contributed by atoms with E-state index in [0.717, 1.165) is 26.0 Å². The summed E-state index contributed by atoms with van der Waals surface area (Å²) in [4.78, 5) is 0. The molecule has 1 heterocycles. The number of hydrogen-bond acceptors (Lipinski definition) is 2. The van der Waals surface area contributed by atoms with Gasteiger partial charge in [0.15, 0.2) is 0 Å². The predicted octanol–water partition coefficient (Wildman–Crippen LogP) is 4.06. The van der Waals surface area contributed by atoms with Crippen LogP contribution in [0.1, 0.15) is 37.9 Å². The minimum Gasteiger partial charge on any atom is -0.373 e. The van der Waals surface area contributed by atoms with Gasteiger partial charge in [-0.2, -0.15) is 0 Å². The molecule has 0 amide bonds. The third kappa shape index (κ3) is 3.02. The van der Waals surface area contributed by atoms with Crippen molar-refractivity contribution in [2.24, 2.45) is 0 Å². The highest BCUT2D eigenvalue weighted by atomic mass is 16.5. The Morgan fingerprint density at radius 2 is 2.00 bits per heavy atom. The highest BCUT2D eigenvalue weighted by Crippen LogP contribution is 2.30. The molecule has 2 aromatic carbocycles. The fourth-order valence-electron chi connectivity index (χ4n) is 2.97. The number of hydrogen-bond donors (Lipinski definition) is 1. The van der Waals surface area contributed by atoms with Crippen LogP contribution in [0.5, 0.6) is 0 Å². The highest BCUT2D eigenvalue weighted by Gasteiger charge is 2.23. The Hall–Kier alpha value is -1.38. The molecule has 0 spiro atoms. The number of nitrogens with one attached hydrogen (secondary N) is 1. The van der Waals surface area contributed by atoms with E-state index in [9.17, 15) is 0 Å². The van der Waals surface area contributed by atoms with Crippen LogP contribution in [0.3, 0.4) is 0 Å². The third-order valence-electron chi connectivity index (χ3n) is 4.11. The monoisotopic (exact) mass is 269 g/mol. The van der Waals surface area contributed by atoms with Crippen LogP contribution in [0.4, 0.5) is 0 Å². The summed E-state index contributed by atoms with van der Waals surface area (Å²) in [5.41, 5.74) is 1.31. The number of fused-ring (bicyclic) bond motifs is 1. The van der Waals surface area contributed by atoms with Gasteiger partial charge in [-0.1, -0.05) is 43.3 Å². The molecule has 1 saturated heterocycles. The van der Waals surface area contributed by atoms with Crippen molar-refractivity contribution < 1.29 is 4.74 Å². The van der Waals surface area contributed by atoms with Crippen LogP contribution in [-0.2, 0) is 4.74 Å². The lowest BCUT2D eigenvalue weighted by Gasteiger charge is -2.30. The van der Waals surface area contributed by atoms with Gasteiger partial charge in [0.25, 0.3) is 0 Å². The Bertz CT molecular complexity index is 566. The van der Waals surface area contributed by atoms with Crippen LogP contribution in [-0.4, -0.2) is 19.2 Å². The normalized spacial score (nSPS) is 23.1. The lowest BCUT2D eigenvalue weighted by atomic mass is 9.95. The Morgan fingerprint density at radius 3 is 2.85 bits per heavy atom. The summed E-state index contributed by atoms with van der Waals surface area (Å²) in [7, 11) is 0. The largest absolute Gasteiger partial charge is 0.373 e. The second kappa shape index (κ2) is 6.38. The summed E-state index contributed by atoms with van der Waals surface area (Å²) >= 11 is 0. The summed E-state index contributed by atoms with van der Waals surface area (Å²) in [6, 6.07) is 15.8. The Kier molecular flexibility index (Phi) is 4.34. The minimum atomic E-state index is 0.239. The maximum absolute atomic E-state index is 5.98. The Balaban J connectivity index is 1.76. The number of rotatable bonds is 4. The molecule has 1 aliphatic heterocycles. The first kappa shape index (κ1) is 13.6. The SMILES string of the molecule is CCCNC1CCOC(c2ccc3ccccc3c2)C1. The standard InChI is InChI=1S/C18H23NO/c1-2-10-19-17-9-11-20-18(13-17)16-8-7-14-5-3-4-6-15(14)12-16/h3-8,12,17-19H,2,9-11,13H2,1H3. The summed E-state index contributed by atoms with van der Waals surface area (Å²) in [6.45, 7) is 4.18. The van der Waals surface area contributed by atoms with Crippen LogP contribution in [0.25, 0.3) is 10.8 Å². The smallest absolute Gasteiger partial charge is 0.0840 e. The predicted molar refractivity (Wildman–Crippen MR) is 84.0 cm³/mol. The average Bonchev–Trinajstić information content (AvgIpc) is 2.53. The molecular weight excluding hydrogens is 246 g/mol. The van der Waals surface area contributed by atoms with E-state index in [2.05, 4.69) is 54.7 Å². The molecule has 2 heteroatoms. The molecule has 106 valence electrons. The van der Waals surface area contributed by atoms with Gasteiger partial charge in [0.2, 0.25) is 0 Å². The Labute approximate surface area is 121 Å². The van der Waals surface area contributed by atoms with Crippen molar-refractivity contribution >= 4 is 10.8 Å². The van der Waals surface area contributed by atoms with Crippen molar-refractivity contribution in [1.82, 2.24) is 5.32 Å². The van der Waals surface area contributed by atoms with E-state index < -0.39 is 0 Å². The number of ether oxygens (including phenoxy) is 1. The van der Waals surface area contributed by atoms with Crippen molar-refractivity contribution in [1.29, 1.82) is 0 Å². The maximum Gasteiger partial charge on any atom is 0.0840 e. The lowest BCUT2D eigenvalue weighted by molar-refractivity contribution is 0.000429. The maximum atomic E-state index is 5.98. The van der Waals surface area contributed by atoms with E-state index in [0.29, 0.717) is 6.04 Å². The molecule has 3 rings (SSSR count). The third-order valence-corrected chi connectivity index (χ3v) is 4.11. The van der Waals surface area contributed by atoms with Crippen molar-refractivity contribution in [3.8, 4) is 0 Å². The first-order valence-electron chi connectivity index (χ1n) is 7.70. The van der Waals surface area contributed by atoms with Gasteiger partial charge in [0.1, 0.15) is 0 Å². The van der Waals surface area contributed by atoms with Gasteiger partial charge in [-0.15, -0.1) is 0 Å². The van der Waals surface area contributed by atoms with E-state index in [1.165, 1.54) is 22.8 Å². The van der Waals surface area contributed by atoms with E-state index in [1.54, 1.807) is 0 Å². The summed E-state index contributed by atoms with van der Waals surface area (Å²) in [5, 5.41) is 6.23. The molecule has 0 aliphatic carbocycles. The lowest BCUT2D eigenvalue weighted by Crippen LogP contribution is -2.36. The van der Waals surface area contributed by atoms with Gasteiger partial charge in [-0.05, 0) is 48.2 Å². The quantitative estimate of drug-likeness (QED) is 0.903. The summed E-state index contributed by atoms with van der Waals surface area (Å²) < 4.78 is 5.98. The van der Waals surface area contributed by atoms with Gasteiger partial charge < -0.3 is 10.1 Å². The Morgan fingerprint density at radius 1 is 1.15 bits per heavy atom. The molecule has 0 aromatic heterocycles. The van der Waals surface area contributed by atoms with Crippen LogP contribution in [0.15, 0.2) is 42.5 Å². The van der Waals surface area contributed by atoms with Gasteiger partial charge in [0, 0.05) is 12.6 Å². The van der Waals surface area contributed by atoms with Gasteiger partial charge in [-0.25, -0.2) is 0 Å². The van der Waals surface area contributed by atoms with Crippen molar-refractivity contribution in [2.75, 3.05) is 13.2 Å². The molecule has 20 heavy (non-hydrogen) atoms. The van der Waals surface area contributed by atoms with Crippen LogP contribution >= 0.6 is 0 Å². The molecule has 2 aromatic rings. The highest BCUT2D eigenvalue weighted by molar-refractivity contribution is 5.83. The second-order valence-electron chi connectivity index (χ2n) is 5.64. The first-order chi connectivity index (χ1) is 9.86. The van der Waals surface area contributed by atoms with Crippen LogP contribution in [0, 0.1) is 0 Å². The molecule has 1 aliphatic rings. The topological polar surface area (TPSA) is 21.3 Å². The van der Waals surface area contributed by atoms with E-state index in [4.69, 9.17) is 4.74 Å². The van der Waals surface area contributed by atoms with E-state index >= 15 is 0 Å². The zero-order valence-electron chi connectivity index (χ0n) is 12.1. The second-order valence-corrected chi connectivity index (χ2v) is 5.64. The summed E-state index contributed by atoms with van der Waals surface area (Å²) in [5.74, 6) is 0. The molecule has 0 bridgehead atoms. The molecule has 1 fully saturated rings. The van der Waals surface area contributed by atoms with Crippen LogP contribution in [0.2, 0.25) is 0 Å². The molecule has 2 atom stereocenters. The number of benzene rings is 2. The van der Waals surface area contributed by atoms with E-state index in [-0.39, 0.29) is 6.10 Å². The molecule has 2 nitrogen and oxygen atoms in total. The van der Waals surface area contributed by atoms with Gasteiger partial charge in [-0.3, -0.25) is 0 Å². The molecule has 0 saturated carbocycles. The summed E-state index contributed by atoms with van der Waals surface area (Å²) in [6.07, 6.45) is 3.64. The average molecular weight is 269 g/mol. The first-order valence-corrected chi connectivity index (χ1v) is 7.70. The fourth-order valence-corrected chi connectivity index (χ4v) is 2.97. The zero-order valence-corrected chi connectivity index (χ0v) is 12.1. The van der Waals surface area contributed by atoms with Gasteiger partial charge >= 0.3 is 0 Å².